The smallest absolute Gasteiger partial charge is 0.226 e. The lowest BCUT2D eigenvalue weighted by Crippen LogP contribution is -2.31. The molecule has 6 heteroatoms. The van der Waals surface area contributed by atoms with E-state index in [0.29, 0.717) is 17.9 Å². The van der Waals surface area contributed by atoms with Crippen molar-refractivity contribution in [2.24, 2.45) is 5.92 Å². The van der Waals surface area contributed by atoms with Crippen LogP contribution >= 0.6 is 0 Å². The van der Waals surface area contributed by atoms with Crippen molar-refractivity contribution in [1.29, 1.82) is 0 Å². The van der Waals surface area contributed by atoms with Crippen LogP contribution in [0.15, 0.2) is 6.20 Å². The van der Waals surface area contributed by atoms with Crippen LogP contribution < -0.4 is 10.2 Å². The number of fused-ring (bicyclic) bond motifs is 1. The fourth-order valence-electron chi connectivity index (χ4n) is 2.46. The zero-order valence-corrected chi connectivity index (χ0v) is 12.3. The first-order valence-corrected chi connectivity index (χ1v) is 7.40. The van der Waals surface area contributed by atoms with Crippen LogP contribution in [0.1, 0.15) is 33.6 Å². The summed E-state index contributed by atoms with van der Waals surface area (Å²) in [4.78, 5) is 11.6. The van der Waals surface area contributed by atoms with Crippen LogP contribution in [-0.2, 0) is 0 Å². The molecule has 2 aromatic heterocycles. The second kappa shape index (κ2) is 5.26. The van der Waals surface area contributed by atoms with Gasteiger partial charge in [0.25, 0.3) is 0 Å². The predicted octanol–water partition coefficient (Wildman–Crippen LogP) is 2.41. The summed E-state index contributed by atoms with van der Waals surface area (Å²) in [5.41, 5.74) is 0.806. The van der Waals surface area contributed by atoms with Gasteiger partial charge in [0.1, 0.15) is 5.82 Å². The maximum Gasteiger partial charge on any atom is 0.226 e. The average Bonchev–Trinajstić information content (AvgIpc) is 3.13. The molecule has 1 aliphatic carbocycles. The molecule has 0 unspecified atom stereocenters. The van der Waals surface area contributed by atoms with E-state index < -0.39 is 0 Å². The summed E-state index contributed by atoms with van der Waals surface area (Å²) in [6, 6.07) is 0.625. The van der Waals surface area contributed by atoms with Gasteiger partial charge in [0.05, 0.1) is 11.6 Å². The molecule has 1 fully saturated rings. The molecular weight excluding hydrogens is 252 g/mol. The number of hydrogen-bond donors (Lipinski definition) is 2. The molecule has 0 aromatic carbocycles. The zero-order chi connectivity index (χ0) is 14.1. The van der Waals surface area contributed by atoms with Crippen LogP contribution in [0.5, 0.6) is 0 Å². The van der Waals surface area contributed by atoms with Gasteiger partial charge in [0, 0.05) is 19.1 Å². The highest BCUT2D eigenvalue weighted by Crippen LogP contribution is 2.34. The Balaban J connectivity index is 2.04. The highest BCUT2D eigenvalue weighted by Gasteiger charge is 2.32. The first-order chi connectivity index (χ1) is 9.69. The van der Waals surface area contributed by atoms with Crippen molar-refractivity contribution in [3.8, 4) is 0 Å². The number of anilines is 2. The molecule has 108 valence electrons. The van der Waals surface area contributed by atoms with E-state index in [9.17, 15) is 0 Å². The fourth-order valence-corrected chi connectivity index (χ4v) is 2.46. The Labute approximate surface area is 119 Å². The van der Waals surface area contributed by atoms with Gasteiger partial charge in [-0.15, -0.1) is 0 Å². The average molecular weight is 274 g/mol. The summed E-state index contributed by atoms with van der Waals surface area (Å²) in [5, 5.41) is 11.3. The molecule has 3 rings (SSSR count). The van der Waals surface area contributed by atoms with Crippen LogP contribution in [0.4, 0.5) is 11.8 Å². The summed E-state index contributed by atoms with van der Waals surface area (Å²) < 4.78 is 0. The summed E-state index contributed by atoms with van der Waals surface area (Å²) in [7, 11) is 0. The highest BCUT2D eigenvalue weighted by atomic mass is 15.3. The molecule has 0 amide bonds. The van der Waals surface area contributed by atoms with Crippen molar-refractivity contribution < 1.29 is 0 Å². The Morgan fingerprint density at radius 3 is 2.85 bits per heavy atom. The van der Waals surface area contributed by atoms with Crippen molar-refractivity contribution in [2.75, 3.05) is 23.3 Å². The molecule has 1 aliphatic rings. The lowest BCUT2D eigenvalue weighted by Gasteiger charge is -2.26. The standard InChI is InChI=1S/C14H22N6/c1-4-15-14-17-12-11(7-16-19-12)13(18-14)20(8-9(2)3)10-5-6-10/h7,9-10H,4-6,8H2,1-3H3,(H2,15,16,17,18,19). The minimum absolute atomic E-state index is 0.607. The Bertz CT molecular complexity index is 586. The van der Waals surface area contributed by atoms with Gasteiger partial charge in [0.15, 0.2) is 5.65 Å². The molecule has 1 saturated carbocycles. The summed E-state index contributed by atoms with van der Waals surface area (Å²) in [6.07, 6.45) is 4.34. The van der Waals surface area contributed by atoms with Gasteiger partial charge in [-0.25, -0.2) is 0 Å². The minimum Gasteiger partial charge on any atom is -0.354 e. The van der Waals surface area contributed by atoms with Gasteiger partial charge >= 0.3 is 0 Å². The maximum absolute atomic E-state index is 4.72. The Kier molecular flexibility index (Phi) is 3.46. The molecule has 20 heavy (non-hydrogen) atoms. The molecule has 0 atom stereocenters. The zero-order valence-electron chi connectivity index (χ0n) is 12.3. The summed E-state index contributed by atoms with van der Waals surface area (Å²) in [5.74, 6) is 2.29. The number of nitrogens with one attached hydrogen (secondary N) is 2. The summed E-state index contributed by atoms with van der Waals surface area (Å²) in [6.45, 7) is 8.37. The van der Waals surface area contributed by atoms with Gasteiger partial charge in [-0.05, 0) is 25.7 Å². The predicted molar refractivity (Wildman–Crippen MR) is 81.1 cm³/mol. The maximum atomic E-state index is 4.72. The Morgan fingerprint density at radius 2 is 2.20 bits per heavy atom. The molecule has 0 aliphatic heterocycles. The van der Waals surface area contributed by atoms with E-state index in [0.717, 1.165) is 29.9 Å². The Hall–Kier alpha value is -1.85. The molecule has 2 heterocycles. The SMILES string of the molecule is CCNc1nc(N(CC(C)C)C2CC2)c2cn[nH]c2n1. The number of rotatable bonds is 6. The molecule has 2 aromatic rings. The van der Waals surface area contributed by atoms with E-state index in [-0.39, 0.29) is 0 Å². The Morgan fingerprint density at radius 1 is 1.40 bits per heavy atom. The first-order valence-electron chi connectivity index (χ1n) is 7.40. The fraction of sp³-hybridized carbons (Fsp3) is 0.643. The molecule has 2 N–H and O–H groups in total. The molecule has 0 spiro atoms. The van der Waals surface area contributed by atoms with Gasteiger partial charge in [-0.2, -0.15) is 15.1 Å². The van der Waals surface area contributed by atoms with Crippen LogP contribution in [0.25, 0.3) is 11.0 Å². The van der Waals surface area contributed by atoms with E-state index in [1.807, 2.05) is 13.1 Å². The van der Waals surface area contributed by atoms with Crippen molar-refractivity contribution in [2.45, 2.75) is 39.7 Å². The van der Waals surface area contributed by atoms with Crippen molar-refractivity contribution in [3.63, 3.8) is 0 Å². The molecule has 0 radical (unpaired) electrons. The van der Waals surface area contributed by atoms with Crippen LogP contribution in [-0.4, -0.2) is 39.3 Å². The van der Waals surface area contributed by atoms with Gasteiger partial charge < -0.3 is 10.2 Å². The van der Waals surface area contributed by atoms with Gasteiger partial charge in [0.2, 0.25) is 5.95 Å². The van der Waals surface area contributed by atoms with Gasteiger partial charge in [-0.3, -0.25) is 5.10 Å². The number of aromatic nitrogens is 4. The third kappa shape index (κ3) is 2.55. The van der Waals surface area contributed by atoms with E-state index in [2.05, 4.69) is 39.2 Å². The van der Waals surface area contributed by atoms with Crippen molar-refractivity contribution >= 4 is 22.8 Å². The monoisotopic (exact) mass is 274 g/mol. The van der Waals surface area contributed by atoms with Crippen LogP contribution in [0, 0.1) is 5.92 Å². The quantitative estimate of drug-likeness (QED) is 0.846. The third-order valence-electron chi connectivity index (χ3n) is 3.45. The van der Waals surface area contributed by atoms with Crippen molar-refractivity contribution in [1.82, 2.24) is 20.2 Å². The highest BCUT2D eigenvalue weighted by molar-refractivity contribution is 5.87. The van der Waals surface area contributed by atoms with Crippen molar-refractivity contribution in [3.05, 3.63) is 6.20 Å². The van der Waals surface area contributed by atoms with E-state index >= 15 is 0 Å². The lowest BCUT2D eigenvalue weighted by atomic mass is 10.2. The van der Waals surface area contributed by atoms with Crippen LogP contribution in [0.2, 0.25) is 0 Å². The van der Waals surface area contributed by atoms with E-state index in [1.165, 1.54) is 12.8 Å². The first kappa shape index (κ1) is 13.1. The normalized spacial score (nSPS) is 15.0. The van der Waals surface area contributed by atoms with E-state index in [1.54, 1.807) is 0 Å². The number of hydrogen-bond acceptors (Lipinski definition) is 5. The number of aromatic amines is 1. The largest absolute Gasteiger partial charge is 0.354 e. The third-order valence-corrected chi connectivity index (χ3v) is 3.45. The van der Waals surface area contributed by atoms with E-state index in [4.69, 9.17) is 4.98 Å². The molecular formula is C14H22N6. The molecule has 0 bridgehead atoms. The topological polar surface area (TPSA) is 69.7 Å². The second-order valence-electron chi connectivity index (χ2n) is 5.81. The number of nitrogens with zero attached hydrogens (tertiary/aromatic N) is 4. The lowest BCUT2D eigenvalue weighted by molar-refractivity contribution is 0.604. The molecule has 0 saturated heterocycles. The summed E-state index contributed by atoms with van der Waals surface area (Å²) >= 11 is 0. The second-order valence-corrected chi connectivity index (χ2v) is 5.81. The van der Waals surface area contributed by atoms with Gasteiger partial charge in [-0.1, -0.05) is 13.8 Å². The number of H-pyrrole nitrogens is 1. The molecule has 6 nitrogen and oxygen atoms in total. The van der Waals surface area contributed by atoms with Crippen LogP contribution in [0.3, 0.4) is 0 Å². The minimum atomic E-state index is 0.607.